The number of methoxy groups -OCH3 is 1. The smallest absolute Gasteiger partial charge is 0.280 e. The molecule has 2 heterocycles. The zero-order chi connectivity index (χ0) is 25.8. The molecule has 0 aliphatic carbocycles. The third kappa shape index (κ3) is 5.14. The second kappa shape index (κ2) is 10.5. The molecule has 4 aromatic rings. The van der Waals surface area contributed by atoms with Crippen molar-refractivity contribution >= 4 is 34.5 Å². The van der Waals surface area contributed by atoms with Gasteiger partial charge in [-0.2, -0.15) is 5.10 Å². The van der Waals surface area contributed by atoms with Crippen LogP contribution in [0.1, 0.15) is 19.9 Å². The molecule has 10 nitrogen and oxygen atoms in total. The van der Waals surface area contributed by atoms with Crippen molar-refractivity contribution in [1.29, 1.82) is 0 Å². The van der Waals surface area contributed by atoms with Crippen molar-refractivity contribution in [2.24, 2.45) is 7.05 Å². The van der Waals surface area contributed by atoms with E-state index in [4.69, 9.17) is 9.47 Å². The fourth-order valence-electron chi connectivity index (χ4n) is 3.73. The molecule has 0 bridgehead atoms. The SMILES string of the molecule is COc1ccc(NCC(C=O)n2cnc3c(Nc4ccc(OC(C)C)cc4)nn(C)c3c2=O)cc1F. The van der Waals surface area contributed by atoms with Gasteiger partial charge in [0.05, 0.1) is 19.5 Å². The summed E-state index contributed by atoms with van der Waals surface area (Å²) in [6, 6.07) is 10.8. The molecule has 0 radical (unpaired) electrons. The molecule has 2 N–H and O–H groups in total. The summed E-state index contributed by atoms with van der Waals surface area (Å²) >= 11 is 0. The molecule has 0 aliphatic rings. The first-order valence-corrected chi connectivity index (χ1v) is 11.3. The van der Waals surface area contributed by atoms with Gasteiger partial charge in [0.25, 0.3) is 5.56 Å². The summed E-state index contributed by atoms with van der Waals surface area (Å²) < 4.78 is 27.2. The third-order valence-electron chi connectivity index (χ3n) is 5.44. The Balaban J connectivity index is 1.56. The number of ether oxygens (including phenoxy) is 2. The van der Waals surface area contributed by atoms with Gasteiger partial charge in [-0.3, -0.25) is 14.0 Å². The van der Waals surface area contributed by atoms with Crippen LogP contribution in [-0.4, -0.2) is 45.4 Å². The summed E-state index contributed by atoms with van der Waals surface area (Å²) in [7, 11) is 3.01. The number of carbonyl (C=O) groups is 1. The predicted octanol–water partition coefficient (Wildman–Crippen LogP) is 3.66. The van der Waals surface area contributed by atoms with Gasteiger partial charge in [-0.05, 0) is 50.2 Å². The largest absolute Gasteiger partial charge is 0.494 e. The summed E-state index contributed by atoms with van der Waals surface area (Å²) in [6.07, 6.45) is 2.02. The molecule has 0 aliphatic heterocycles. The number of nitrogens with zero attached hydrogens (tertiary/aromatic N) is 4. The summed E-state index contributed by atoms with van der Waals surface area (Å²) in [5.41, 5.74) is 1.37. The Bertz CT molecular complexity index is 1430. The lowest BCUT2D eigenvalue weighted by atomic mass is 10.2. The number of benzene rings is 2. The maximum absolute atomic E-state index is 14.0. The highest BCUT2D eigenvalue weighted by Gasteiger charge is 2.19. The van der Waals surface area contributed by atoms with Gasteiger partial charge in [0.2, 0.25) is 0 Å². The van der Waals surface area contributed by atoms with Gasteiger partial charge >= 0.3 is 0 Å². The molecule has 0 spiro atoms. The number of anilines is 3. The molecule has 36 heavy (non-hydrogen) atoms. The van der Waals surface area contributed by atoms with Crippen LogP contribution in [0.4, 0.5) is 21.6 Å². The maximum atomic E-state index is 14.0. The number of aryl methyl sites for hydroxylation is 1. The molecule has 11 heteroatoms. The first kappa shape index (κ1) is 24.7. The molecule has 0 fully saturated rings. The van der Waals surface area contributed by atoms with Crippen LogP contribution in [-0.2, 0) is 11.8 Å². The van der Waals surface area contributed by atoms with Crippen LogP contribution < -0.4 is 25.7 Å². The molecule has 4 rings (SSSR count). The Labute approximate surface area is 206 Å². The Morgan fingerprint density at radius 2 is 1.86 bits per heavy atom. The number of hydrogen-bond acceptors (Lipinski definition) is 8. The Hall–Kier alpha value is -4.41. The van der Waals surface area contributed by atoms with Gasteiger partial charge in [-0.15, -0.1) is 0 Å². The lowest BCUT2D eigenvalue weighted by Gasteiger charge is -2.16. The summed E-state index contributed by atoms with van der Waals surface area (Å²) in [5, 5.41) is 10.5. The second-order valence-electron chi connectivity index (χ2n) is 8.38. The normalized spacial score (nSPS) is 11.9. The number of halogens is 1. The van der Waals surface area contributed by atoms with E-state index in [-0.39, 0.29) is 23.9 Å². The van der Waals surface area contributed by atoms with Gasteiger partial charge < -0.3 is 24.9 Å². The van der Waals surface area contributed by atoms with Crippen LogP contribution >= 0.6 is 0 Å². The second-order valence-corrected chi connectivity index (χ2v) is 8.38. The molecule has 0 saturated carbocycles. The van der Waals surface area contributed by atoms with Crippen LogP contribution in [0.15, 0.2) is 53.6 Å². The van der Waals surface area contributed by atoms with Crippen LogP contribution in [0.25, 0.3) is 11.0 Å². The maximum Gasteiger partial charge on any atom is 0.280 e. The van der Waals surface area contributed by atoms with Crippen LogP contribution in [0.5, 0.6) is 11.5 Å². The van der Waals surface area contributed by atoms with Crippen molar-refractivity contribution in [2.75, 3.05) is 24.3 Å². The van der Waals surface area contributed by atoms with E-state index >= 15 is 0 Å². The molecular formula is C25H27FN6O4. The number of rotatable bonds is 10. The Morgan fingerprint density at radius 3 is 2.50 bits per heavy atom. The zero-order valence-corrected chi connectivity index (χ0v) is 20.4. The number of nitrogens with one attached hydrogen (secondary N) is 2. The van der Waals surface area contributed by atoms with Crippen molar-refractivity contribution in [2.45, 2.75) is 26.0 Å². The monoisotopic (exact) mass is 494 g/mol. The van der Waals surface area contributed by atoms with Gasteiger partial charge in [-0.1, -0.05) is 0 Å². The Kier molecular flexibility index (Phi) is 7.18. The minimum Gasteiger partial charge on any atom is -0.494 e. The minimum atomic E-state index is -0.876. The number of aldehydes is 1. The van der Waals surface area contributed by atoms with E-state index in [1.807, 2.05) is 38.1 Å². The molecule has 0 amide bonds. The minimum absolute atomic E-state index is 0.0517. The first-order valence-electron chi connectivity index (χ1n) is 11.3. The van der Waals surface area contributed by atoms with Crippen molar-refractivity contribution in [3.8, 4) is 11.5 Å². The summed E-state index contributed by atoms with van der Waals surface area (Å²) in [5.74, 6) is 0.721. The van der Waals surface area contributed by atoms with E-state index < -0.39 is 17.4 Å². The average molecular weight is 495 g/mol. The molecule has 188 valence electrons. The molecule has 1 unspecified atom stereocenters. The molecule has 2 aromatic heterocycles. The lowest BCUT2D eigenvalue weighted by Crippen LogP contribution is -2.31. The van der Waals surface area contributed by atoms with Crippen molar-refractivity contribution in [1.82, 2.24) is 19.3 Å². The third-order valence-corrected chi connectivity index (χ3v) is 5.44. The van der Waals surface area contributed by atoms with Crippen molar-refractivity contribution in [3.05, 3.63) is 65.0 Å². The molecule has 0 saturated heterocycles. The molecule has 2 aromatic carbocycles. The quantitative estimate of drug-likeness (QED) is 0.321. The lowest BCUT2D eigenvalue weighted by molar-refractivity contribution is -0.110. The topological polar surface area (TPSA) is 112 Å². The average Bonchev–Trinajstić information content (AvgIpc) is 3.17. The van der Waals surface area contributed by atoms with E-state index in [9.17, 15) is 14.0 Å². The summed E-state index contributed by atoms with van der Waals surface area (Å²) in [4.78, 5) is 29.5. The van der Waals surface area contributed by atoms with Gasteiger partial charge in [-0.25, -0.2) is 9.37 Å². The van der Waals surface area contributed by atoms with E-state index in [0.29, 0.717) is 23.3 Å². The van der Waals surface area contributed by atoms with Gasteiger partial charge in [0.1, 0.15) is 23.6 Å². The number of hydrogen-bond donors (Lipinski definition) is 2. The first-order chi connectivity index (χ1) is 17.3. The summed E-state index contributed by atoms with van der Waals surface area (Å²) in [6.45, 7) is 3.96. The zero-order valence-electron chi connectivity index (χ0n) is 20.4. The number of carbonyl (C=O) groups excluding carboxylic acids is 1. The van der Waals surface area contributed by atoms with E-state index in [1.165, 1.54) is 34.8 Å². The van der Waals surface area contributed by atoms with E-state index in [2.05, 4.69) is 20.7 Å². The number of aromatic nitrogens is 4. The van der Waals surface area contributed by atoms with Crippen molar-refractivity contribution < 1.29 is 18.7 Å². The standard InChI is InChI=1S/C25H27FN6O4/c1-15(2)36-19-8-5-16(6-9-19)29-24-22-23(31(3)30-24)25(34)32(14-28-22)18(13-33)12-27-17-7-10-21(35-4)20(26)11-17/h5-11,13-15,18,27H,12H2,1-4H3,(H,29,30). The van der Waals surface area contributed by atoms with Gasteiger partial charge in [0, 0.05) is 31.0 Å². The van der Waals surface area contributed by atoms with Crippen LogP contribution in [0.3, 0.4) is 0 Å². The highest BCUT2D eigenvalue weighted by Crippen LogP contribution is 2.25. The fraction of sp³-hybridized carbons (Fsp3) is 0.280. The molecule has 1 atom stereocenters. The van der Waals surface area contributed by atoms with Crippen LogP contribution in [0.2, 0.25) is 0 Å². The highest BCUT2D eigenvalue weighted by molar-refractivity contribution is 5.87. The van der Waals surface area contributed by atoms with Crippen LogP contribution in [0, 0.1) is 5.82 Å². The van der Waals surface area contributed by atoms with E-state index in [0.717, 1.165) is 11.4 Å². The Morgan fingerprint density at radius 1 is 1.14 bits per heavy atom. The van der Waals surface area contributed by atoms with Crippen molar-refractivity contribution in [3.63, 3.8) is 0 Å². The van der Waals surface area contributed by atoms with E-state index in [1.54, 1.807) is 13.1 Å². The predicted molar refractivity (Wildman–Crippen MR) is 135 cm³/mol. The fourth-order valence-corrected chi connectivity index (χ4v) is 3.73. The molecular weight excluding hydrogens is 467 g/mol. The highest BCUT2D eigenvalue weighted by atomic mass is 19.1. The number of fused-ring (bicyclic) bond motifs is 1. The van der Waals surface area contributed by atoms with Gasteiger partial charge in [0.15, 0.2) is 22.9 Å².